The predicted molar refractivity (Wildman–Crippen MR) is 76.9 cm³/mol. The average molecular weight is 370 g/mol. The number of carbonyl (C=O) groups excluding carboxylic acids is 1. The summed E-state index contributed by atoms with van der Waals surface area (Å²) in [5.74, 6) is -0.774. The van der Waals surface area contributed by atoms with E-state index in [0.29, 0.717) is 25.2 Å². The summed E-state index contributed by atoms with van der Waals surface area (Å²) in [5, 5.41) is 5.13. The van der Waals surface area contributed by atoms with Crippen molar-refractivity contribution in [2.45, 2.75) is 30.8 Å². The molecule has 4 nitrogen and oxygen atoms in total. The standard InChI is InChI=1S/C15H16F6N2O2/c1-25-13(2-4-22-5-3-13)12(24)23-11-7-9(14(16,17)18)6-10(8-11)15(19,20)21/h6-8,22H,2-5H2,1H3,(H,23,24). The summed E-state index contributed by atoms with van der Waals surface area (Å²) in [5.41, 5.74) is -4.86. The van der Waals surface area contributed by atoms with Gasteiger partial charge in [-0.25, -0.2) is 0 Å². The number of nitrogens with one attached hydrogen (secondary N) is 2. The molecule has 0 saturated carbocycles. The van der Waals surface area contributed by atoms with Crippen molar-refractivity contribution in [3.05, 3.63) is 29.3 Å². The maximum absolute atomic E-state index is 12.9. The Labute approximate surface area is 139 Å². The number of halogens is 6. The largest absolute Gasteiger partial charge is 0.416 e. The van der Waals surface area contributed by atoms with E-state index in [4.69, 9.17) is 4.74 Å². The Balaban J connectivity index is 2.36. The lowest BCUT2D eigenvalue weighted by Crippen LogP contribution is -2.51. The summed E-state index contributed by atoms with van der Waals surface area (Å²) in [6.07, 6.45) is -9.45. The Morgan fingerprint density at radius 3 is 1.92 bits per heavy atom. The van der Waals surface area contributed by atoms with Crippen LogP contribution in [-0.4, -0.2) is 31.7 Å². The number of methoxy groups -OCH3 is 1. The molecule has 1 fully saturated rings. The molecule has 1 aliphatic heterocycles. The first-order valence-corrected chi connectivity index (χ1v) is 7.35. The molecule has 2 rings (SSSR count). The number of piperidine rings is 1. The van der Waals surface area contributed by atoms with Crippen molar-refractivity contribution in [2.75, 3.05) is 25.5 Å². The van der Waals surface area contributed by atoms with Crippen molar-refractivity contribution in [3.8, 4) is 0 Å². The summed E-state index contributed by atoms with van der Waals surface area (Å²) >= 11 is 0. The zero-order valence-electron chi connectivity index (χ0n) is 13.1. The summed E-state index contributed by atoms with van der Waals surface area (Å²) in [7, 11) is 1.28. The van der Waals surface area contributed by atoms with Gasteiger partial charge >= 0.3 is 12.4 Å². The second kappa shape index (κ2) is 6.83. The van der Waals surface area contributed by atoms with E-state index in [1.807, 2.05) is 0 Å². The molecular formula is C15H16F6N2O2. The van der Waals surface area contributed by atoms with Gasteiger partial charge in [-0.3, -0.25) is 4.79 Å². The molecule has 0 aromatic heterocycles. The number of benzene rings is 1. The molecule has 0 atom stereocenters. The molecule has 1 aliphatic rings. The van der Waals surface area contributed by atoms with Crippen LogP contribution < -0.4 is 10.6 Å². The summed E-state index contributed by atoms with van der Waals surface area (Å²) in [4.78, 5) is 12.4. The van der Waals surface area contributed by atoms with Gasteiger partial charge in [0.2, 0.25) is 0 Å². The molecule has 0 bridgehead atoms. The molecular weight excluding hydrogens is 354 g/mol. The summed E-state index contributed by atoms with van der Waals surface area (Å²) in [6.45, 7) is 0.884. The van der Waals surface area contributed by atoms with E-state index >= 15 is 0 Å². The first kappa shape index (κ1) is 19.5. The van der Waals surface area contributed by atoms with E-state index in [1.165, 1.54) is 7.11 Å². The molecule has 0 unspecified atom stereocenters. The smallest absolute Gasteiger partial charge is 0.368 e. The number of alkyl halides is 6. The lowest BCUT2D eigenvalue weighted by Gasteiger charge is -2.34. The fourth-order valence-electron chi connectivity index (χ4n) is 2.63. The Bertz CT molecular complexity index is 604. The van der Waals surface area contributed by atoms with E-state index in [2.05, 4.69) is 10.6 Å². The highest BCUT2D eigenvalue weighted by atomic mass is 19.4. The van der Waals surface area contributed by atoms with E-state index in [1.54, 1.807) is 0 Å². The normalized spacial score (nSPS) is 18.0. The molecule has 1 amide bonds. The van der Waals surface area contributed by atoms with E-state index < -0.39 is 40.7 Å². The minimum atomic E-state index is -4.98. The molecule has 0 radical (unpaired) electrons. The first-order chi connectivity index (χ1) is 11.5. The predicted octanol–water partition coefficient (Wildman–Crippen LogP) is 3.43. The molecule has 0 aliphatic carbocycles. The molecule has 1 heterocycles. The highest BCUT2D eigenvalue weighted by molar-refractivity contribution is 5.97. The van der Waals surface area contributed by atoms with Crippen LogP contribution in [0.4, 0.5) is 32.0 Å². The van der Waals surface area contributed by atoms with Crippen LogP contribution in [0.5, 0.6) is 0 Å². The van der Waals surface area contributed by atoms with Gasteiger partial charge in [-0.05, 0) is 44.1 Å². The second-order valence-electron chi connectivity index (χ2n) is 5.70. The van der Waals surface area contributed by atoms with Gasteiger partial charge in [-0.1, -0.05) is 0 Å². The number of amides is 1. The topological polar surface area (TPSA) is 50.4 Å². The van der Waals surface area contributed by atoms with Crippen LogP contribution >= 0.6 is 0 Å². The van der Waals surface area contributed by atoms with Crippen LogP contribution in [0.3, 0.4) is 0 Å². The van der Waals surface area contributed by atoms with Gasteiger partial charge in [-0.15, -0.1) is 0 Å². The third-order valence-electron chi connectivity index (χ3n) is 4.06. The Hall–Kier alpha value is -1.81. The molecule has 1 aromatic rings. The molecule has 1 aromatic carbocycles. The second-order valence-corrected chi connectivity index (χ2v) is 5.70. The van der Waals surface area contributed by atoms with Gasteiger partial charge in [0, 0.05) is 12.8 Å². The van der Waals surface area contributed by atoms with Crippen molar-refractivity contribution < 1.29 is 35.9 Å². The zero-order chi connectivity index (χ0) is 18.9. The highest BCUT2D eigenvalue weighted by Gasteiger charge is 2.41. The molecule has 10 heteroatoms. The summed E-state index contributed by atoms with van der Waals surface area (Å²) in [6, 6.07) is 0.946. The lowest BCUT2D eigenvalue weighted by atomic mass is 9.91. The van der Waals surface area contributed by atoms with Gasteiger partial charge in [0.05, 0.1) is 11.1 Å². The Morgan fingerprint density at radius 1 is 1.04 bits per heavy atom. The van der Waals surface area contributed by atoms with Crippen molar-refractivity contribution in [2.24, 2.45) is 0 Å². The number of anilines is 1. The van der Waals surface area contributed by atoms with Crippen LogP contribution in [0.2, 0.25) is 0 Å². The first-order valence-electron chi connectivity index (χ1n) is 7.35. The lowest BCUT2D eigenvalue weighted by molar-refractivity contribution is -0.143. The Morgan fingerprint density at radius 2 is 1.52 bits per heavy atom. The molecule has 140 valence electrons. The third-order valence-corrected chi connectivity index (χ3v) is 4.06. The third kappa shape index (κ3) is 4.43. The van der Waals surface area contributed by atoms with Crippen molar-refractivity contribution in [1.82, 2.24) is 5.32 Å². The van der Waals surface area contributed by atoms with Crippen LogP contribution in [-0.2, 0) is 21.9 Å². The van der Waals surface area contributed by atoms with Gasteiger partial charge < -0.3 is 15.4 Å². The van der Waals surface area contributed by atoms with Crippen LogP contribution in [0, 0.1) is 0 Å². The average Bonchev–Trinajstić information content (AvgIpc) is 2.53. The number of ether oxygens (including phenoxy) is 1. The van der Waals surface area contributed by atoms with Gasteiger partial charge in [-0.2, -0.15) is 26.3 Å². The molecule has 0 spiro atoms. The quantitative estimate of drug-likeness (QED) is 0.802. The van der Waals surface area contributed by atoms with Gasteiger partial charge in [0.1, 0.15) is 5.60 Å². The van der Waals surface area contributed by atoms with E-state index in [9.17, 15) is 31.1 Å². The fourth-order valence-corrected chi connectivity index (χ4v) is 2.63. The highest BCUT2D eigenvalue weighted by Crippen LogP contribution is 2.38. The molecule has 25 heavy (non-hydrogen) atoms. The maximum atomic E-state index is 12.9. The zero-order valence-corrected chi connectivity index (χ0v) is 13.1. The van der Waals surface area contributed by atoms with Crippen LogP contribution in [0.25, 0.3) is 0 Å². The minimum absolute atomic E-state index is 0.00622. The van der Waals surface area contributed by atoms with E-state index in [-0.39, 0.29) is 18.9 Å². The van der Waals surface area contributed by atoms with Crippen molar-refractivity contribution >= 4 is 11.6 Å². The van der Waals surface area contributed by atoms with Gasteiger partial charge in [0.25, 0.3) is 5.91 Å². The Kier molecular flexibility index (Phi) is 5.33. The number of rotatable bonds is 3. The van der Waals surface area contributed by atoms with E-state index in [0.717, 1.165) is 0 Å². The maximum Gasteiger partial charge on any atom is 0.416 e. The van der Waals surface area contributed by atoms with Crippen LogP contribution in [0.1, 0.15) is 24.0 Å². The SMILES string of the molecule is COC1(C(=O)Nc2cc(C(F)(F)F)cc(C(F)(F)F)c2)CCNCC1. The van der Waals surface area contributed by atoms with Gasteiger partial charge in [0.15, 0.2) is 0 Å². The summed E-state index contributed by atoms with van der Waals surface area (Å²) < 4.78 is 82.4. The molecule has 2 N–H and O–H groups in total. The number of hydrogen-bond donors (Lipinski definition) is 2. The fraction of sp³-hybridized carbons (Fsp3) is 0.533. The van der Waals surface area contributed by atoms with Crippen molar-refractivity contribution in [3.63, 3.8) is 0 Å². The number of hydrogen-bond acceptors (Lipinski definition) is 3. The number of carbonyl (C=O) groups is 1. The monoisotopic (exact) mass is 370 g/mol. The molecule has 1 saturated heterocycles. The van der Waals surface area contributed by atoms with Crippen molar-refractivity contribution in [1.29, 1.82) is 0 Å². The minimum Gasteiger partial charge on any atom is -0.368 e. The van der Waals surface area contributed by atoms with Crippen LogP contribution in [0.15, 0.2) is 18.2 Å².